The number of hydrogen-bond donors (Lipinski definition) is 1. The van der Waals surface area contributed by atoms with E-state index in [4.69, 9.17) is 0 Å². The topological polar surface area (TPSA) is 51.7 Å². The molecule has 0 aliphatic carbocycles. The third kappa shape index (κ3) is 4.45. The highest BCUT2D eigenvalue weighted by atomic mass is 16.2. The number of pyridine rings is 1. The number of nitrogens with one attached hydrogen (secondary N) is 1. The van der Waals surface area contributed by atoms with Crippen LogP contribution in [0.25, 0.3) is 0 Å². The molecule has 0 bridgehead atoms. The molecule has 0 aromatic carbocycles. The van der Waals surface area contributed by atoms with Crippen LogP contribution in [0.4, 0.5) is 5.82 Å². The smallest absolute Gasteiger partial charge is 0.223 e. The van der Waals surface area contributed by atoms with Gasteiger partial charge in [-0.1, -0.05) is 6.07 Å². The lowest BCUT2D eigenvalue weighted by Crippen LogP contribution is -2.56. The predicted molar refractivity (Wildman–Crippen MR) is 96.1 cm³/mol. The molecule has 2 saturated heterocycles. The molecule has 0 spiro atoms. The lowest BCUT2D eigenvalue weighted by atomic mass is 10.1. The van der Waals surface area contributed by atoms with Gasteiger partial charge >= 0.3 is 0 Å². The number of nitrogens with zero attached hydrogens (tertiary/aromatic N) is 4. The van der Waals surface area contributed by atoms with Crippen LogP contribution in [0, 0.1) is 0 Å². The van der Waals surface area contributed by atoms with Crippen molar-refractivity contribution in [2.45, 2.75) is 32.4 Å². The minimum absolute atomic E-state index is 0.294. The van der Waals surface area contributed by atoms with Crippen LogP contribution in [-0.4, -0.2) is 78.6 Å². The van der Waals surface area contributed by atoms with Crippen molar-refractivity contribution >= 4 is 11.7 Å². The van der Waals surface area contributed by atoms with Gasteiger partial charge in [0.05, 0.1) is 0 Å². The first-order valence-corrected chi connectivity index (χ1v) is 9.04. The second-order valence-electron chi connectivity index (χ2n) is 7.03. The third-order valence-corrected chi connectivity index (χ3v) is 4.90. The Balaban J connectivity index is 1.41. The van der Waals surface area contributed by atoms with Crippen LogP contribution in [0.1, 0.15) is 20.3 Å². The van der Waals surface area contributed by atoms with Crippen LogP contribution >= 0.6 is 0 Å². The van der Waals surface area contributed by atoms with Gasteiger partial charge in [0.2, 0.25) is 5.91 Å². The summed E-state index contributed by atoms with van der Waals surface area (Å²) in [5, 5.41) is 3.47. The Labute approximate surface area is 144 Å². The molecule has 2 unspecified atom stereocenters. The molecule has 3 rings (SSSR count). The Morgan fingerprint density at radius 2 is 1.88 bits per heavy atom. The zero-order valence-electron chi connectivity index (χ0n) is 14.8. The number of hydrogen-bond acceptors (Lipinski definition) is 5. The van der Waals surface area contributed by atoms with Crippen LogP contribution in [-0.2, 0) is 4.79 Å². The van der Waals surface area contributed by atoms with Crippen LogP contribution < -0.4 is 10.2 Å². The molecule has 2 atom stereocenters. The normalized spacial score (nSPS) is 25.8. The van der Waals surface area contributed by atoms with E-state index in [9.17, 15) is 4.79 Å². The fourth-order valence-corrected chi connectivity index (χ4v) is 3.68. The Hall–Kier alpha value is -1.66. The highest BCUT2D eigenvalue weighted by Gasteiger charge is 2.25. The number of aromatic nitrogens is 1. The largest absolute Gasteiger partial charge is 0.354 e. The lowest BCUT2D eigenvalue weighted by Gasteiger charge is -2.38. The van der Waals surface area contributed by atoms with Crippen molar-refractivity contribution in [3.63, 3.8) is 0 Å². The summed E-state index contributed by atoms with van der Waals surface area (Å²) in [6, 6.07) is 6.82. The molecule has 1 N–H and O–H groups in total. The summed E-state index contributed by atoms with van der Waals surface area (Å²) in [7, 11) is 0. The monoisotopic (exact) mass is 331 g/mol. The molecule has 2 fully saturated rings. The Bertz CT molecular complexity index is 519. The van der Waals surface area contributed by atoms with Crippen LogP contribution in [0.3, 0.4) is 0 Å². The molecule has 1 amide bonds. The summed E-state index contributed by atoms with van der Waals surface area (Å²) in [5.74, 6) is 1.35. The lowest BCUT2D eigenvalue weighted by molar-refractivity contribution is -0.133. The van der Waals surface area contributed by atoms with Crippen molar-refractivity contribution in [2.24, 2.45) is 0 Å². The maximum absolute atomic E-state index is 12.5. The van der Waals surface area contributed by atoms with Gasteiger partial charge in [-0.2, -0.15) is 0 Å². The van der Waals surface area contributed by atoms with Crippen LogP contribution in [0.2, 0.25) is 0 Å². The fourth-order valence-electron chi connectivity index (χ4n) is 3.68. The van der Waals surface area contributed by atoms with Gasteiger partial charge in [0.25, 0.3) is 0 Å². The van der Waals surface area contributed by atoms with E-state index in [0.29, 0.717) is 24.4 Å². The molecular formula is C18H29N5O. The van der Waals surface area contributed by atoms with Gasteiger partial charge < -0.3 is 15.1 Å². The summed E-state index contributed by atoms with van der Waals surface area (Å²) in [6.07, 6.45) is 2.47. The quantitative estimate of drug-likeness (QED) is 0.885. The van der Waals surface area contributed by atoms with Crippen molar-refractivity contribution in [1.29, 1.82) is 0 Å². The summed E-state index contributed by atoms with van der Waals surface area (Å²) in [4.78, 5) is 23.6. The zero-order chi connectivity index (χ0) is 16.9. The average molecular weight is 331 g/mol. The SMILES string of the molecule is CC1CN(C(=O)CCN2CCN(c3ccccn3)CC2)CC(C)N1. The molecule has 2 aliphatic heterocycles. The molecule has 1 aromatic heterocycles. The summed E-state index contributed by atoms with van der Waals surface area (Å²) in [6.45, 7) is 10.8. The molecule has 1 aromatic rings. The van der Waals surface area contributed by atoms with Crippen LogP contribution in [0.15, 0.2) is 24.4 Å². The number of piperazine rings is 2. The maximum atomic E-state index is 12.5. The van der Waals surface area contributed by atoms with Crippen molar-refractivity contribution in [2.75, 3.05) is 50.7 Å². The second-order valence-corrected chi connectivity index (χ2v) is 7.03. The number of rotatable bonds is 4. The molecule has 0 saturated carbocycles. The minimum atomic E-state index is 0.294. The van der Waals surface area contributed by atoms with Crippen molar-refractivity contribution in [3.05, 3.63) is 24.4 Å². The van der Waals surface area contributed by atoms with E-state index in [1.165, 1.54) is 0 Å². The van der Waals surface area contributed by atoms with E-state index in [-0.39, 0.29) is 0 Å². The standard InChI is InChI=1S/C18H29N5O/c1-15-13-23(14-16(2)20-15)18(24)6-8-21-9-11-22(12-10-21)17-5-3-4-7-19-17/h3-5,7,15-16,20H,6,8-14H2,1-2H3. The predicted octanol–water partition coefficient (Wildman–Crippen LogP) is 0.803. The first-order chi connectivity index (χ1) is 11.6. The summed E-state index contributed by atoms with van der Waals surface area (Å²) in [5.41, 5.74) is 0. The van der Waals surface area contributed by atoms with Crippen molar-refractivity contribution in [3.8, 4) is 0 Å². The number of carbonyl (C=O) groups is 1. The fraction of sp³-hybridized carbons (Fsp3) is 0.667. The summed E-state index contributed by atoms with van der Waals surface area (Å²) >= 11 is 0. The van der Waals surface area contributed by atoms with Gasteiger partial charge in [-0.3, -0.25) is 9.69 Å². The number of carbonyl (C=O) groups excluding carboxylic acids is 1. The molecule has 132 valence electrons. The number of amides is 1. The Kier molecular flexibility index (Phi) is 5.68. The van der Waals surface area contributed by atoms with Crippen molar-refractivity contribution in [1.82, 2.24) is 20.1 Å². The first kappa shape index (κ1) is 17.2. The molecule has 0 radical (unpaired) electrons. The van der Waals surface area contributed by atoms with Gasteiger partial charge in [-0.25, -0.2) is 4.98 Å². The van der Waals surface area contributed by atoms with Crippen molar-refractivity contribution < 1.29 is 4.79 Å². The van der Waals surface area contributed by atoms with Crippen LogP contribution in [0.5, 0.6) is 0 Å². The summed E-state index contributed by atoms with van der Waals surface area (Å²) < 4.78 is 0. The third-order valence-electron chi connectivity index (χ3n) is 4.90. The van der Waals surface area contributed by atoms with Gasteiger partial charge in [-0.05, 0) is 26.0 Å². The molecule has 2 aliphatic rings. The second kappa shape index (κ2) is 7.94. The maximum Gasteiger partial charge on any atom is 0.223 e. The van der Waals surface area contributed by atoms with Gasteiger partial charge in [0.15, 0.2) is 0 Å². The van der Waals surface area contributed by atoms with E-state index in [1.54, 1.807) is 0 Å². The molecular weight excluding hydrogens is 302 g/mol. The van der Waals surface area contributed by atoms with E-state index in [0.717, 1.165) is 51.6 Å². The van der Waals surface area contributed by atoms with E-state index >= 15 is 0 Å². The Morgan fingerprint density at radius 1 is 1.17 bits per heavy atom. The minimum Gasteiger partial charge on any atom is -0.354 e. The van der Waals surface area contributed by atoms with E-state index < -0.39 is 0 Å². The molecule has 3 heterocycles. The zero-order valence-corrected chi connectivity index (χ0v) is 14.8. The van der Waals surface area contributed by atoms with E-state index in [2.05, 4.69) is 40.0 Å². The average Bonchev–Trinajstić information content (AvgIpc) is 2.60. The van der Waals surface area contributed by atoms with Gasteiger partial charge in [-0.15, -0.1) is 0 Å². The highest BCUT2D eigenvalue weighted by molar-refractivity contribution is 5.76. The Morgan fingerprint density at radius 3 is 2.50 bits per heavy atom. The molecule has 24 heavy (non-hydrogen) atoms. The molecule has 6 nitrogen and oxygen atoms in total. The van der Waals surface area contributed by atoms with Gasteiger partial charge in [0.1, 0.15) is 5.82 Å². The van der Waals surface area contributed by atoms with E-state index in [1.807, 2.05) is 23.2 Å². The molecule has 6 heteroatoms. The first-order valence-electron chi connectivity index (χ1n) is 9.04. The van der Waals surface area contributed by atoms with Gasteiger partial charge in [0, 0.05) is 70.5 Å². The number of anilines is 1. The highest BCUT2D eigenvalue weighted by Crippen LogP contribution is 2.13.